The number of nitrogens with zero attached hydrogens (tertiary/aromatic N) is 4. The van der Waals surface area contributed by atoms with Gasteiger partial charge in [0.1, 0.15) is 23.2 Å². The van der Waals surface area contributed by atoms with Gasteiger partial charge in [-0.25, -0.2) is 13.1 Å². The summed E-state index contributed by atoms with van der Waals surface area (Å²) in [6.07, 6.45) is 11.1. The molecule has 4 amide bonds. The number of Topliss-reactive ketones (excluding diaryl/α,β-unsaturated/α-hetero) is 1. The van der Waals surface area contributed by atoms with Crippen LogP contribution in [0, 0.1) is 11.3 Å². The number of aliphatic hydroxyl groups is 1. The Labute approximate surface area is 303 Å². The fourth-order valence-corrected chi connectivity index (χ4v) is 9.46. The summed E-state index contributed by atoms with van der Waals surface area (Å²) in [6.45, 7) is 3.15. The smallest absolute Gasteiger partial charge is 0.287 e. The average molecular weight is 740 g/mol. The van der Waals surface area contributed by atoms with Crippen molar-refractivity contribution in [2.24, 2.45) is 17.1 Å². The Morgan fingerprint density at radius 3 is 2.25 bits per heavy atom. The molecule has 1 saturated heterocycles. The molecule has 3 atom stereocenters. The highest BCUT2D eigenvalue weighted by molar-refractivity contribution is 7.90. The zero-order chi connectivity index (χ0) is 37.6. The van der Waals surface area contributed by atoms with Crippen LogP contribution in [-0.4, -0.2) is 93.3 Å². The molecule has 2 heterocycles. The van der Waals surface area contributed by atoms with Crippen molar-refractivity contribution in [1.82, 2.24) is 30.5 Å². The van der Waals surface area contributed by atoms with E-state index in [9.17, 15) is 37.5 Å². The number of primary amides is 1. The number of benzene rings is 1. The van der Waals surface area contributed by atoms with Gasteiger partial charge in [-0.05, 0) is 81.5 Å². The van der Waals surface area contributed by atoms with E-state index in [4.69, 9.17) is 5.73 Å². The minimum absolute atomic E-state index is 0.00976. The van der Waals surface area contributed by atoms with Crippen LogP contribution in [-0.2, 0) is 34.6 Å². The van der Waals surface area contributed by atoms with E-state index in [-0.39, 0.29) is 34.8 Å². The van der Waals surface area contributed by atoms with Crippen LogP contribution in [0.2, 0.25) is 0 Å². The Bertz CT molecular complexity index is 1830. The average Bonchev–Trinajstić information content (AvgIpc) is 3.73. The molecule has 0 bridgehead atoms. The van der Waals surface area contributed by atoms with Crippen molar-refractivity contribution in [3.63, 3.8) is 0 Å². The van der Waals surface area contributed by atoms with E-state index in [0.717, 1.165) is 57.6 Å². The summed E-state index contributed by atoms with van der Waals surface area (Å²) in [6, 6.07) is 2.70. The van der Waals surface area contributed by atoms with Crippen LogP contribution in [0.1, 0.15) is 113 Å². The summed E-state index contributed by atoms with van der Waals surface area (Å²) < 4.78 is 25.5. The molecule has 1 aliphatic heterocycles. The molecule has 6 rings (SSSR count). The molecule has 282 valence electrons. The van der Waals surface area contributed by atoms with Gasteiger partial charge in [-0.2, -0.15) is 0 Å². The van der Waals surface area contributed by atoms with Crippen LogP contribution in [0.3, 0.4) is 0 Å². The molecule has 4 fully saturated rings. The second kappa shape index (κ2) is 14.0. The molecule has 52 heavy (non-hydrogen) atoms. The quantitative estimate of drug-likeness (QED) is 0.231. The predicted octanol–water partition coefficient (Wildman–Crippen LogP) is 1.69. The first kappa shape index (κ1) is 37.6. The second-order valence-electron chi connectivity index (χ2n) is 16.1. The fraction of sp³-hybridized carbons (Fsp3) is 0.639. The van der Waals surface area contributed by atoms with Crippen molar-refractivity contribution in [3.8, 4) is 0 Å². The third-order valence-corrected chi connectivity index (χ3v) is 12.8. The van der Waals surface area contributed by atoms with E-state index in [1.807, 2.05) is 0 Å². The SMILES string of the molecule is CC(C)(O)c1cnnn1[C@H]1C[C@@H](C(=O)NC2(C(=O)C(N)=O)CC3(CCC3)C2)N(C(=O)[C@@H](CC2CCCCC2)NC(=O)c2ccc(S(C)(=O)=O)cc2)C1. The molecule has 4 aliphatic rings. The first-order chi connectivity index (χ1) is 24.4. The van der Waals surface area contributed by atoms with Crippen LogP contribution >= 0.6 is 0 Å². The summed E-state index contributed by atoms with van der Waals surface area (Å²) in [5.74, 6) is -3.55. The van der Waals surface area contributed by atoms with Gasteiger partial charge in [-0.15, -0.1) is 5.10 Å². The standard InChI is InChI=1S/C36H49N7O8S/c1-34(2,49)28-18-38-41-43(28)24-17-27(32(47)40-36(29(44)30(37)45)20-35(21-36)14-7-15-35)42(19-24)33(48)26(16-22-8-5-4-6-9-22)39-31(46)23-10-12-25(13-11-23)52(3,50)51/h10-13,18,22,24,26-27,49H,4-9,14-17,19-21H2,1-3H3,(H2,37,45)(H,39,46)(H,40,47)/t24-,26+,27-/m0/s1. The first-order valence-electron chi connectivity index (χ1n) is 18.1. The third kappa shape index (κ3) is 7.49. The Balaban J connectivity index is 1.31. The van der Waals surface area contributed by atoms with E-state index in [2.05, 4.69) is 20.9 Å². The van der Waals surface area contributed by atoms with Gasteiger partial charge in [0.25, 0.3) is 11.8 Å². The van der Waals surface area contributed by atoms with Gasteiger partial charge >= 0.3 is 0 Å². The number of hydrogen-bond acceptors (Lipinski definition) is 10. The summed E-state index contributed by atoms with van der Waals surface area (Å²) in [4.78, 5) is 69.6. The van der Waals surface area contributed by atoms with Crippen molar-refractivity contribution in [3.05, 3.63) is 41.7 Å². The summed E-state index contributed by atoms with van der Waals surface area (Å²) in [5, 5.41) is 24.8. The van der Waals surface area contributed by atoms with Gasteiger partial charge < -0.3 is 26.4 Å². The zero-order valence-electron chi connectivity index (χ0n) is 30.0. The molecule has 1 aromatic heterocycles. The molecular formula is C36H49N7O8S. The first-order valence-corrected chi connectivity index (χ1v) is 20.0. The lowest BCUT2D eigenvalue weighted by atomic mass is 9.47. The highest BCUT2D eigenvalue weighted by Crippen LogP contribution is 2.60. The molecule has 16 heteroatoms. The largest absolute Gasteiger partial charge is 0.384 e. The topological polar surface area (TPSA) is 224 Å². The molecule has 15 nitrogen and oxygen atoms in total. The van der Waals surface area contributed by atoms with Gasteiger partial charge in [-0.3, -0.25) is 24.0 Å². The molecule has 1 aromatic carbocycles. The highest BCUT2D eigenvalue weighted by Gasteiger charge is 2.63. The maximum Gasteiger partial charge on any atom is 0.287 e. The van der Waals surface area contributed by atoms with E-state index in [1.165, 1.54) is 40.0 Å². The van der Waals surface area contributed by atoms with Crippen LogP contribution < -0.4 is 16.4 Å². The van der Waals surface area contributed by atoms with Crippen molar-refractivity contribution >= 4 is 39.2 Å². The van der Waals surface area contributed by atoms with Crippen molar-refractivity contribution in [2.45, 2.75) is 125 Å². The number of likely N-dealkylation sites (tertiary alicyclic amines) is 1. The third-order valence-electron chi connectivity index (χ3n) is 11.6. The molecule has 0 unspecified atom stereocenters. The number of carbonyl (C=O) groups excluding carboxylic acids is 5. The second-order valence-corrected chi connectivity index (χ2v) is 18.1. The lowest BCUT2D eigenvalue weighted by Gasteiger charge is -2.60. The van der Waals surface area contributed by atoms with Crippen LogP contribution in [0.15, 0.2) is 35.4 Å². The van der Waals surface area contributed by atoms with Crippen molar-refractivity contribution in [2.75, 3.05) is 12.8 Å². The summed E-state index contributed by atoms with van der Waals surface area (Å²) in [7, 11) is -3.49. The number of hydrogen-bond donors (Lipinski definition) is 4. The van der Waals surface area contributed by atoms with Crippen molar-refractivity contribution < 1.29 is 37.5 Å². The van der Waals surface area contributed by atoms with Gasteiger partial charge in [0.2, 0.25) is 17.6 Å². The van der Waals surface area contributed by atoms with Crippen LogP contribution in [0.5, 0.6) is 0 Å². The van der Waals surface area contributed by atoms with E-state index in [1.54, 1.807) is 13.8 Å². The molecule has 1 spiro atoms. The lowest BCUT2D eigenvalue weighted by molar-refractivity contribution is -0.156. The highest BCUT2D eigenvalue weighted by atomic mass is 32.2. The van der Waals surface area contributed by atoms with Gasteiger partial charge in [0, 0.05) is 24.8 Å². The normalized spacial score (nSPS) is 23.3. The number of sulfone groups is 1. The number of amides is 4. The fourth-order valence-electron chi connectivity index (χ4n) is 8.83. The maximum absolute atomic E-state index is 14.7. The molecular weight excluding hydrogens is 691 g/mol. The van der Waals surface area contributed by atoms with E-state index in [0.29, 0.717) is 25.0 Å². The molecule has 5 N–H and O–H groups in total. The van der Waals surface area contributed by atoms with Crippen molar-refractivity contribution in [1.29, 1.82) is 0 Å². The Kier molecular flexibility index (Phi) is 10.1. The predicted molar refractivity (Wildman–Crippen MR) is 187 cm³/mol. The molecule has 3 aliphatic carbocycles. The Morgan fingerprint density at radius 2 is 1.69 bits per heavy atom. The van der Waals surface area contributed by atoms with Crippen LogP contribution in [0.25, 0.3) is 0 Å². The van der Waals surface area contributed by atoms with E-state index < -0.39 is 68.5 Å². The summed E-state index contributed by atoms with van der Waals surface area (Å²) >= 11 is 0. The molecule has 0 radical (unpaired) electrons. The van der Waals surface area contributed by atoms with Gasteiger partial charge in [-0.1, -0.05) is 43.7 Å². The minimum Gasteiger partial charge on any atom is -0.384 e. The number of ketones is 1. The number of aromatic nitrogens is 3. The van der Waals surface area contributed by atoms with Gasteiger partial charge in [0.05, 0.1) is 22.8 Å². The summed E-state index contributed by atoms with van der Waals surface area (Å²) in [5.41, 5.74) is 3.08. The number of nitrogens with two attached hydrogens (primary N) is 1. The Hall–Kier alpha value is -4.18. The molecule has 3 saturated carbocycles. The molecule has 2 aromatic rings. The van der Waals surface area contributed by atoms with Gasteiger partial charge in [0.15, 0.2) is 9.84 Å². The maximum atomic E-state index is 14.7. The number of nitrogens with one attached hydrogen (secondary N) is 2. The zero-order valence-corrected chi connectivity index (χ0v) is 30.8. The Morgan fingerprint density at radius 1 is 1.04 bits per heavy atom. The number of rotatable bonds is 12. The van der Waals surface area contributed by atoms with E-state index >= 15 is 0 Å². The minimum atomic E-state index is -3.49. The number of carbonyl (C=O) groups is 5. The monoisotopic (exact) mass is 739 g/mol. The lowest BCUT2D eigenvalue weighted by Crippen LogP contribution is -2.71. The van der Waals surface area contributed by atoms with Crippen LogP contribution in [0.4, 0.5) is 0 Å².